The van der Waals surface area contributed by atoms with Gasteiger partial charge in [0, 0.05) is 12.8 Å². The van der Waals surface area contributed by atoms with Crippen molar-refractivity contribution in [3.8, 4) is 17.2 Å². The predicted octanol–water partition coefficient (Wildman–Crippen LogP) is 2.59. The third-order valence-electron chi connectivity index (χ3n) is 4.60. The average Bonchev–Trinajstić information content (AvgIpc) is 2.61. The molecule has 2 aromatic carbocycles. The minimum absolute atomic E-state index is 0.0166. The van der Waals surface area contributed by atoms with E-state index in [1.165, 1.54) is 6.07 Å². The highest BCUT2D eigenvalue weighted by Gasteiger charge is 2.31. The Bertz CT molecular complexity index is 1030. The fraction of sp³-hybridized carbons (Fsp3) is 0.316. The van der Waals surface area contributed by atoms with Gasteiger partial charge in [-0.15, -0.1) is 0 Å². The van der Waals surface area contributed by atoms with E-state index in [0.29, 0.717) is 34.8 Å². The summed E-state index contributed by atoms with van der Waals surface area (Å²) in [6.07, 6.45) is 0.0391. The first-order valence-corrected chi connectivity index (χ1v) is 9.96. The van der Waals surface area contributed by atoms with Crippen LogP contribution < -0.4 is 14.2 Å². The van der Waals surface area contributed by atoms with Crippen molar-refractivity contribution in [2.24, 2.45) is 0 Å². The van der Waals surface area contributed by atoms with Gasteiger partial charge in [-0.1, -0.05) is 17.7 Å². The van der Waals surface area contributed by atoms with Gasteiger partial charge in [-0.25, -0.2) is 0 Å². The maximum absolute atomic E-state index is 12.1. The molecule has 4 rings (SSSR count). The molecule has 0 spiro atoms. The summed E-state index contributed by atoms with van der Waals surface area (Å²) in [7, 11) is -4.35. The number of ketones is 1. The highest BCUT2D eigenvalue weighted by atomic mass is 32.2. The second-order valence-electron chi connectivity index (χ2n) is 6.63. The van der Waals surface area contributed by atoms with Crippen LogP contribution >= 0.6 is 0 Å². The Morgan fingerprint density at radius 3 is 2.74 bits per heavy atom. The van der Waals surface area contributed by atoms with Crippen LogP contribution in [0.2, 0.25) is 0 Å². The van der Waals surface area contributed by atoms with E-state index >= 15 is 0 Å². The van der Waals surface area contributed by atoms with Gasteiger partial charge in [-0.05, 0) is 30.7 Å². The molecule has 0 saturated heterocycles. The third-order valence-corrected chi connectivity index (χ3v) is 5.56. The molecule has 0 aliphatic carbocycles. The van der Waals surface area contributed by atoms with E-state index in [2.05, 4.69) is 0 Å². The molecular formula is C19H18O7S. The molecule has 1 unspecified atom stereocenters. The zero-order chi connectivity index (χ0) is 19.2. The van der Waals surface area contributed by atoms with Crippen molar-refractivity contribution in [3.63, 3.8) is 0 Å². The minimum Gasteiger partial charge on any atom is -0.488 e. The number of ether oxygens (including phenoxy) is 3. The highest BCUT2D eigenvalue weighted by Crippen LogP contribution is 2.45. The van der Waals surface area contributed by atoms with Crippen molar-refractivity contribution >= 4 is 15.9 Å². The molecule has 2 aliphatic rings. The number of carbonyl (C=O) groups is 1. The number of Topliss-reactive ketones (excluding diaryl/α,β-unsaturated/α-hetero) is 1. The van der Waals surface area contributed by atoms with Crippen molar-refractivity contribution in [2.45, 2.75) is 30.8 Å². The summed E-state index contributed by atoms with van der Waals surface area (Å²) in [5.41, 5.74) is 1.76. The first-order chi connectivity index (χ1) is 12.8. The standard InChI is InChI=1S/C19H18O7S/c1-11-2-5-17(27(21,22)23)12(8-11)9-13-10-25-16-4-3-14-15(20)6-7-24-18(14)19(16)26-13/h2-5,8,13H,6-7,9-10H2,1H3,(H,21,22,23). The van der Waals surface area contributed by atoms with Crippen LogP contribution in [0.5, 0.6) is 17.2 Å². The van der Waals surface area contributed by atoms with Crippen LogP contribution in [-0.4, -0.2) is 38.1 Å². The van der Waals surface area contributed by atoms with E-state index < -0.39 is 16.2 Å². The van der Waals surface area contributed by atoms with Crippen molar-refractivity contribution in [2.75, 3.05) is 13.2 Å². The second kappa shape index (κ2) is 6.54. The maximum Gasteiger partial charge on any atom is 0.294 e. The number of benzene rings is 2. The number of carbonyl (C=O) groups excluding carboxylic acids is 1. The summed E-state index contributed by atoms with van der Waals surface area (Å²) < 4.78 is 50.2. The predicted molar refractivity (Wildman–Crippen MR) is 95.5 cm³/mol. The van der Waals surface area contributed by atoms with Crippen molar-refractivity contribution in [3.05, 3.63) is 47.0 Å². The van der Waals surface area contributed by atoms with Gasteiger partial charge in [0.15, 0.2) is 17.3 Å². The summed E-state index contributed by atoms with van der Waals surface area (Å²) in [6, 6.07) is 8.03. The minimum atomic E-state index is -4.35. The van der Waals surface area contributed by atoms with Gasteiger partial charge in [-0.2, -0.15) is 8.42 Å². The molecule has 2 heterocycles. The van der Waals surface area contributed by atoms with E-state index in [1.807, 2.05) is 6.92 Å². The average molecular weight is 390 g/mol. The van der Waals surface area contributed by atoms with Gasteiger partial charge < -0.3 is 14.2 Å². The molecule has 1 N–H and O–H groups in total. The van der Waals surface area contributed by atoms with E-state index in [-0.39, 0.29) is 30.3 Å². The molecule has 0 aromatic heterocycles. The molecule has 2 aromatic rings. The Labute approximate surface area is 156 Å². The highest BCUT2D eigenvalue weighted by molar-refractivity contribution is 7.85. The first kappa shape index (κ1) is 17.8. The monoisotopic (exact) mass is 390 g/mol. The molecule has 27 heavy (non-hydrogen) atoms. The van der Waals surface area contributed by atoms with Gasteiger partial charge >= 0.3 is 0 Å². The summed E-state index contributed by atoms with van der Waals surface area (Å²) in [5.74, 6) is 1.20. The van der Waals surface area contributed by atoms with Gasteiger partial charge in [0.2, 0.25) is 5.75 Å². The van der Waals surface area contributed by atoms with Crippen LogP contribution in [0.25, 0.3) is 0 Å². The fourth-order valence-corrected chi connectivity index (χ4v) is 4.08. The second-order valence-corrected chi connectivity index (χ2v) is 8.02. The van der Waals surface area contributed by atoms with E-state index in [4.69, 9.17) is 14.2 Å². The lowest BCUT2D eigenvalue weighted by molar-refractivity contribution is 0.0800. The largest absolute Gasteiger partial charge is 0.488 e. The van der Waals surface area contributed by atoms with Crippen LogP contribution in [0.15, 0.2) is 35.2 Å². The number of rotatable bonds is 3. The molecule has 1 atom stereocenters. The van der Waals surface area contributed by atoms with Crippen molar-refractivity contribution < 1.29 is 32.0 Å². The smallest absolute Gasteiger partial charge is 0.294 e. The topological polar surface area (TPSA) is 99.1 Å². The van der Waals surface area contributed by atoms with Crippen molar-refractivity contribution in [1.29, 1.82) is 0 Å². The Kier molecular flexibility index (Phi) is 4.32. The lowest BCUT2D eigenvalue weighted by atomic mass is 10.0. The Balaban J connectivity index is 1.66. The number of fused-ring (bicyclic) bond motifs is 3. The summed E-state index contributed by atoms with van der Waals surface area (Å²) in [4.78, 5) is 11.9. The van der Waals surface area contributed by atoms with E-state index in [1.54, 1.807) is 24.3 Å². The lowest BCUT2D eigenvalue weighted by Gasteiger charge is -2.30. The van der Waals surface area contributed by atoms with E-state index in [9.17, 15) is 17.8 Å². The van der Waals surface area contributed by atoms with Gasteiger partial charge in [-0.3, -0.25) is 9.35 Å². The summed E-state index contributed by atoms with van der Waals surface area (Å²) >= 11 is 0. The molecule has 8 heteroatoms. The molecule has 0 bridgehead atoms. The van der Waals surface area contributed by atoms with Crippen LogP contribution in [0.4, 0.5) is 0 Å². The van der Waals surface area contributed by atoms with Gasteiger partial charge in [0.25, 0.3) is 10.1 Å². The molecule has 2 aliphatic heterocycles. The summed E-state index contributed by atoms with van der Waals surface area (Å²) in [5, 5.41) is 0. The van der Waals surface area contributed by atoms with Gasteiger partial charge in [0.05, 0.1) is 17.1 Å². The summed E-state index contributed by atoms with van der Waals surface area (Å²) in [6.45, 7) is 2.32. The quantitative estimate of drug-likeness (QED) is 0.804. The molecular weight excluding hydrogens is 372 g/mol. The number of hydrogen-bond donors (Lipinski definition) is 1. The van der Waals surface area contributed by atoms with Crippen molar-refractivity contribution in [1.82, 2.24) is 0 Å². The molecule has 0 fully saturated rings. The van der Waals surface area contributed by atoms with Crippen LogP contribution in [0.1, 0.15) is 27.9 Å². The molecule has 7 nitrogen and oxygen atoms in total. The first-order valence-electron chi connectivity index (χ1n) is 8.52. The van der Waals surface area contributed by atoms with Gasteiger partial charge in [0.1, 0.15) is 12.7 Å². The zero-order valence-electron chi connectivity index (χ0n) is 14.6. The van der Waals surface area contributed by atoms with Crippen LogP contribution in [-0.2, 0) is 16.5 Å². The Morgan fingerprint density at radius 2 is 1.96 bits per heavy atom. The normalized spacial score (nSPS) is 18.6. The lowest BCUT2D eigenvalue weighted by Crippen LogP contribution is -2.32. The third kappa shape index (κ3) is 3.38. The van der Waals surface area contributed by atoms with Crippen LogP contribution in [0, 0.1) is 6.92 Å². The number of aryl methyl sites for hydroxylation is 1. The Hall–Kier alpha value is -2.58. The van der Waals surface area contributed by atoms with Crippen LogP contribution in [0.3, 0.4) is 0 Å². The molecule has 0 saturated carbocycles. The molecule has 0 radical (unpaired) electrons. The molecule has 142 valence electrons. The Morgan fingerprint density at radius 1 is 1.15 bits per heavy atom. The number of hydrogen-bond acceptors (Lipinski definition) is 6. The van der Waals surface area contributed by atoms with E-state index in [0.717, 1.165) is 5.56 Å². The fourth-order valence-electron chi connectivity index (χ4n) is 3.36. The maximum atomic E-state index is 12.1. The zero-order valence-corrected chi connectivity index (χ0v) is 15.4. The SMILES string of the molecule is Cc1ccc(S(=O)(=O)O)c(CC2COc3ccc4c(c3O2)OCCC4=O)c1. The molecule has 0 amide bonds.